The van der Waals surface area contributed by atoms with Gasteiger partial charge in [0.2, 0.25) is 11.8 Å². The predicted octanol–water partition coefficient (Wildman–Crippen LogP) is 4.08. The van der Waals surface area contributed by atoms with Crippen molar-refractivity contribution in [3.05, 3.63) is 83.9 Å². The summed E-state index contributed by atoms with van der Waals surface area (Å²) in [5, 5.41) is 22.0. The lowest BCUT2D eigenvalue weighted by atomic mass is 9.88. The highest BCUT2D eigenvalue weighted by Gasteiger charge is 2.28. The summed E-state index contributed by atoms with van der Waals surface area (Å²) in [7, 11) is 1.76. The van der Waals surface area contributed by atoms with E-state index in [0.717, 1.165) is 42.0 Å². The molecule has 0 heterocycles. The van der Waals surface area contributed by atoms with Crippen molar-refractivity contribution in [2.24, 2.45) is 11.7 Å². The summed E-state index contributed by atoms with van der Waals surface area (Å²) in [6.45, 7) is 3.04. The molecule has 46 heavy (non-hydrogen) atoms. The number of nitrogens with one attached hydrogen (secondary N) is 5. The number of benzene rings is 3. The minimum atomic E-state index is -0.545. The average molecular weight is 628 g/mol. The maximum atomic E-state index is 13.9. The Hall–Kier alpha value is -4.44. The monoisotopic (exact) mass is 627 g/mol. The zero-order valence-electron chi connectivity index (χ0n) is 27.1. The Morgan fingerprint density at radius 3 is 2.35 bits per heavy atom. The number of fused-ring (bicyclic) bond motifs is 1. The number of guanidine groups is 1. The van der Waals surface area contributed by atoms with Gasteiger partial charge in [-0.2, -0.15) is 0 Å². The molecule has 0 spiro atoms. The fraction of sp³-hybridized carbons (Fsp3) is 0.444. The molecule has 3 aromatic rings. The number of amides is 3. The quantitative estimate of drug-likeness (QED) is 0.0849. The van der Waals surface area contributed by atoms with E-state index in [1.54, 1.807) is 11.9 Å². The maximum Gasteiger partial charge on any atom is 0.251 e. The molecule has 0 bridgehead atoms. The third-order valence-electron chi connectivity index (χ3n) is 8.68. The SMILES string of the molecule is CC(CNC(=O)c1ccc2ccccc2c1)N[C@@H](CCCNC(=N)N)C(=O)N(C)C[C@@H](NC(=O)C1CCCCC1)c1ccccc1. The van der Waals surface area contributed by atoms with Gasteiger partial charge in [0.1, 0.15) is 0 Å². The molecular formula is C36H49N7O3. The summed E-state index contributed by atoms with van der Waals surface area (Å²) in [5.74, 6) is -0.338. The predicted molar refractivity (Wildman–Crippen MR) is 183 cm³/mol. The van der Waals surface area contributed by atoms with Gasteiger partial charge in [-0.1, -0.05) is 79.9 Å². The lowest BCUT2D eigenvalue weighted by molar-refractivity contribution is -0.134. The lowest BCUT2D eigenvalue weighted by Crippen LogP contribution is -2.52. The van der Waals surface area contributed by atoms with E-state index in [2.05, 4.69) is 21.3 Å². The standard InChI is InChI=1S/C36H49N7O3/c1-25(23-40-33(44)30-20-19-26-12-9-10-17-29(26)22-30)41-31(18-11-21-39-36(37)38)35(46)43(2)24-32(27-13-5-3-6-14-27)42-34(45)28-15-7-4-8-16-28/h3,5-6,9-10,12-14,17,19-20,22,25,28,31-32,41H,4,7-8,11,15-16,18,21,23-24H2,1-2H3,(H,40,44)(H,42,45)(H4,37,38,39)/t25?,31-,32+/m0/s1. The van der Waals surface area contributed by atoms with E-state index in [1.807, 2.05) is 79.7 Å². The van der Waals surface area contributed by atoms with Gasteiger partial charge in [0, 0.05) is 44.2 Å². The number of nitrogens with two attached hydrogens (primary N) is 1. The van der Waals surface area contributed by atoms with Gasteiger partial charge in [-0.15, -0.1) is 0 Å². The first-order valence-electron chi connectivity index (χ1n) is 16.4. The molecular weight excluding hydrogens is 578 g/mol. The van der Waals surface area contributed by atoms with Crippen molar-refractivity contribution in [2.75, 3.05) is 26.7 Å². The summed E-state index contributed by atoms with van der Waals surface area (Å²) in [4.78, 5) is 41.8. The van der Waals surface area contributed by atoms with Gasteiger partial charge < -0.3 is 31.9 Å². The Morgan fingerprint density at radius 1 is 0.935 bits per heavy atom. The molecule has 0 radical (unpaired) electrons. The molecule has 1 unspecified atom stereocenters. The van der Waals surface area contributed by atoms with Crippen LogP contribution in [-0.2, 0) is 9.59 Å². The van der Waals surface area contributed by atoms with E-state index >= 15 is 0 Å². The van der Waals surface area contributed by atoms with Crippen molar-refractivity contribution in [1.29, 1.82) is 5.41 Å². The minimum Gasteiger partial charge on any atom is -0.370 e. The van der Waals surface area contributed by atoms with Gasteiger partial charge in [0.15, 0.2) is 5.96 Å². The number of nitrogens with zero attached hydrogens (tertiary/aromatic N) is 1. The van der Waals surface area contributed by atoms with E-state index in [9.17, 15) is 14.4 Å². The molecule has 1 aliphatic rings. The fourth-order valence-electron chi connectivity index (χ4n) is 6.09. The van der Waals surface area contributed by atoms with Gasteiger partial charge in [0.05, 0.1) is 12.1 Å². The Bertz CT molecular complexity index is 1460. The molecule has 7 N–H and O–H groups in total. The van der Waals surface area contributed by atoms with Crippen molar-refractivity contribution in [3.8, 4) is 0 Å². The van der Waals surface area contributed by atoms with Crippen LogP contribution < -0.4 is 27.0 Å². The number of likely N-dealkylation sites (N-methyl/N-ethyl adjacent to an activating group) is 1. The van der Waals surface area contributed by atoms with E-state index in [4.69, 9.17) is 11.1 Å². The first kappa shape index (κ1) is 34.4. The first-order valence-corrected chi connectivity index (χ1v) is 16.4. The van der Waals surface area contributed by atoms with Crippen LogP contribution >= 0.6 is 0 Å². The Morgan fingerprint density at radius 2 is 1.63 bits per heavy atom. The molecule has 10 nitrogen and oxygen atoms in total. The van der Waals surface area contributed by atoms with Crippen LogP contribution in [0.3, 0.4) is 0 Å². The molecule has 3 amide bonds. The molecule has 0 aromatic heterocycles. The highest BCUT2D eigenvalue weighted by Crippen LogP contribution is 2.25. The van der Waals surface area contributed by atoms with Crippen LogP contribution in [0, 0.1) is 11.3 Å². The van der Waals surface area contributed by atoms with E-state index in [1.165, 1.54) is 6.42 Å². The van der Waals surface area contributed by atoms with Crippen LogP contribution in [0.25, 0.3) is 10.8 Å². The molecule has 3 atom stereocenters. The number of carbonyl (C=O) groups is 3. The van der Waals surface area contributed by atoms with Gasteiger partial charge in [-0.3, -0.25) is 19.8 Å². The number of hydrogen-bond acceptors (Lipinski definition) is 5. The summed E-state index contributed by atoms with van der Waals surface area (Å²) >= 11 is 0. The summed E-state index contributed by atoms with van der Waals surface area (Å²) in [6.07, 6.45) is 6.21. The zero-order valence-corrected chi connectivity index (χ0v) is 27.1. The summed E-state index contributed by atoms with van der Waals surface area (Å²) < 4.78 is 0. The topological polar surface area (TPSA) is 152 Å². The molecule has 246 valence electrons. The third kappa shape index (κ3) is 10.3. The molecule has 0 saturated heterocycles. The van der Waals surface area contributed by atoms with Crippen LogP contribution in [0.1, 0.15) is 73.8 Å². The molecule has 3 aromatic carbocycles. The van der Waals surface area contributed by atoms with E-state index in [-0.39, 0.29) is 41.7 Å². The third-order valence-corrected chi connectivity index (χ3v) is 8.68. The second-order valence-corrected chi connectivity index (χ2v) is 12.4. The normalized spacial score (nSPS) is 15.3. The molecule has 1 aliphatic carbocycles. The highest BCUT2D eigenvalue weighted by atomic mass is 16.2. The number of hydrogen-bond donors (Lipinski definition) is 6. The highest BCUT2D eigenvalue weighted by molar-refractivity contribution is 5.98. The molecule has 4 rings (SSSR count). The van der Waals surface area contributed by atoms with Crippen LogP contribution in [0.2, 0.25) is 0 Å². The Labute approximate surface area is 272 Å². The van der Waals surface area contributed by atoms with Crippen molar-refractivity contribution in [3.63, 3.8) is 0 Å². The number of carbonyl (C=O) groups excluding carboxylic acids is 3. The van der Waals surface area contributed by atoms with E-state index < -0.39 is 6.04 Å². The second-order valence-electron chi connectivity index (χ2n) is 12.4. The van der Waals surface area contributed by atoms with Crippen molar-refractivity contribution in [1.82, 2.24) is 26.2 Å². The van der Waals surface area contributed by atoms with Gasteiger partial charge in [-0.25, -0.2) is 0 Å². The van der Waals surface area contributed by atoms with Crippen molar-refractivity contribution in [2.45, 2.75) is 70.0 Å². The molecule has 10 heteroatoms. The minimum absolute atomic E-state index is 0.00910. The van der Waals surface area contributed by atoms with Gasteiger partial charge in [-0.05, 0) is 61.1 Å². The maximum absolute atomic E-state index is 13.9. The van der Waals surface area contributed by atoms with Gasteiger partial charge in [0.25, 0.3) is 5.91 Å². The summed E-state index contributed by atoms with van der Waals surface area (Å²) in [5.41, 5.74) is 6.98. The first-order chi connectivity index (χ1) is 22.2. The average Bonchev–Trinajstić information content (AvgIpc) is 3.08. The fourth-order valence-corrected chi connectivity index (χ4v) is 6.09. The smallest absolute Gasteiger partial charge is 0.251 e. The lowest BCUT2D eigenvalue weighted by Gasteiger charge is -2.31. The second kappa shape index (κ2) is 17.3. The van der Waals surface area contributed by atoms with E-state index in [0.29, 0.717) is 38.0 Å². The molecule has 1 fully saturated rings. The van der Waals surface area contributed by atoms with Crippen molar-refractivity contribution < 1.29 is 14.4 Å². The molecule has 0 aliphatic heterocycles. The summed E-state index contributed by atoms with van der Waals surface area (Å²) in [6, 6.07) is 22.2. The van der Waals surface area contributed by atoms with Crippen LogP contribution in [0.4, 0.5) is 0 Å². The Kier molecular flexibility index (Phi) is 13.0. The Balaban J connectivity index is 1.40. The zero-order chi connectivity index (χ0) is 32.9. The van der Waals surface area contributed by atoms with Crippen LogP contribution in [0.5, 0.6) is 0 Å². The number of rotatable bonds is 15. The van der Waals surface area contributed by atoms with Gasteiger partial charge >= 0.3 is 0 Å². The van der Waals surface area contributed by atoms with Crippen molar-refractivity contribution >= 4 is 34.5 Å². The van der Waals surface area contributed by atoms with Crippen LogP contribution in [0.15, 0.2) is 72.8 Å². The molecule has 1 saturated carbocycles. The largest absolute Gasteiger partial charge is 0.370 e. The van der Waals surface area contributed by atoms with Crippen LogP contribution in [-0.4, -0.2) is 67.3 Å².